The van der Waals surface area contributed by atoms with Crippen molar-refractivity contribution in [2.45, 2.75) is 32.6 Å². The van der Waals surface area contributed by atoms with E-state index in [-0.39, 0.29) is 11.8 Å². The Morgan fingerprint density at radius 3 is 2.67 bits per heavy atom. The smallest absolute Gasteiger partial charge is 0.250 e. The molecule has 0 spiro atoms. The van der Waals surface area contributed by atoms with Crippen LogP contribution in [0.1, 0.15) is 38.5 Å². The van der Waals surface area contributed by atoms with Crippen LogP contribution in [0.5, 0.6) is 0 Å². The van der Waals surface area contributed by atoms with E-state index >= 15 is 0 Å². The molecule has 0 aliphatic carbocycles. The molecule has 7 nitrogen and oxygen atoms in total. The first-order valence-corrected chi connectivity index (χ1v) is 8.57. The second-order valence-corrected chi connectivity index (χ2v) is 6.07. The Morgan fingerprint density at radius 1 is 1.29 bits per heavy atom. The molecule has 2 aromatic rings. The first kappa shape index (κ1) is 16.7. The van der Waals surface area contributed by atoms with Gasteiger partial charge in [0.05, 0.1) is 18.4 Å². The minimum Gasteiger partial charge on any atom is -0.472 e. The minimum absolute atomic E-state index is 0.207. The number of nitrogens with zero attached hydrogens (tertiary/aromatic N) is 4. The molecule has 0 N–H and O–H groups in total. The van der Waals surface area contributed by atoms with Crippen molar-refractivity contribution >= 4 is 5.91 Å². The predicted octanol–water partition coefficient (Wildman–Crippen LogP) is 2.38. The van der Waals surface area contributed by atoms with Crippen LogP contribution in [-0.4, -0.2) is 58.6 Å². The Bertz CT molecular complexity index is 641. The fourth-order valence-corrected chi connectivity index (χ4v) is 3.11. The summed E-state index contributed by atoms with van der Waals surface area (Å²) in [7, 11) is 0. The van der Waals surface area contributed by atoms with Crippen LogP contribution < -0.4 is 0 Å². The quantitative estimate of drug-likeness (QED) is 0.808. The van der Waals surface area contributed by atoms with Gasteiger partial charge in [-0.1, -0.05) is 0 Å². The normalized spacial score (nSPS) is 16.4. The van der Waals surface area contributed by atoms with Gasteiger partial charge in [-0.3, -0.25) is 9.69 Å². The zero-order chi connectivity index (χ0) is 16.9. The van der Waals surface area contributed by atoms with Crippen LogP contribution in [0.25, 0.3) is 11.5 Å². The molecule has 0 aromatic carbocycles. The van der Waals surface area contributed by atoms with Crippen LogP contribution in [0.4, 0.5) is 0 Å². The van der Waals surface area contributed by atoms with Crippen molar-refractivity contribution in [3.63, 3.8) is 0 Å². The molecule has 2 aromatic heterocycles. The van der Waals surface area contributed by atoms with Gasteiger partial charge in [0, 0.05) is 19.0 Å². The highest BCUT2D eigenvalue weighted by Crippen LogP contribution is 2.29. The summed E-state index contributed by atoms with van der Waals surface area (Å²) < 4.78 is 10.8. The molecular formula is C17H24N4O3. The number of hydrogen-bond acceptors (Lipinski definition) is 6. The van der Waals surface area contributed by atoms with E-state index in [1.165, 1.54) is 0 Å². The number of piperidine rings is 1. The first-order chi connectivity index (χ1) is 11.7. The average Bonchev–Trinajstić information content (AvgIpc) is 3.28. The summed E-state index contributed by atoms with van der Waals surface area (Å²) in [5, 5.41) is 8.28. The molecule has 1 aliphatic rings. The fourth-order valence-electron chi connectivity index (χ4n) is 3.11. The van der Waals surface area contributed by atoms with Crippen LogP contribution in [0, 0.1) is 0 Å². The van der Waals surface area contributed by atoms with Crippen molar-refractivity contribution in [1.29, 1.82) is 0 Å². The van der Waals surface area contributed by atoms with Gasteiger partial charge in [0.1, 0.15) is 6.26 Å². The molecular weight excluding hydrogens is 308 g/mol. The summed E-state index contributed by atoms with van der Waals surface area (Å²) >= 11 is 0. The molecule has 1 fully saturated rings. The number of hydrogen-bond donors (Lipinski definition) is 0. The van der Waals surface area contributed by atoms with Gasteiger partial charge in [0.15, 0.2) is 0 Å². The Morgan fingerprint density at radius 2 is 2.04 bits per heavy atom. The number of carbonyl (C=O) groups excluding carboxylic acids is 1. The molecule has 0 atom stereocenters. The molecule has 3 rings (SSSR count). The molecule has 0 saturated carbocycles. The van der Waals surface area contributed by atoms with Gasteiger partial charge in [-0.05, 0) is 45.8 Å². The predicted molar refractivity (Wildman–Crippen MR) is 88.3 cm³/mol. The third-order valence-electron chi connectivity index (χ3n) is 4.62. The lowest BCUT2D eigenvalue weighted by Gasteiger charge is -2.31. The third kappa shape index (κ3) is 3.67. The molecule has 7 heteroatoms. The summed E-state index contributed by atoms with van der Waals surface area (Å²) in [6.45, 7) is 7.82. The van der Waals surface area contributed by atoms with E-state index in [2.05, 4.69) is 15.1 Å². The van der Waals surface area contributed by atoms with Crippen LogP contribution in [-0.2, 0) is 4.79 Å². The molecule has 1 saturated heterocycles. The topological polar surface area (TPSA) is 75.6 Å². The number of furan rings is 1. The molecule has 0 unspecified atom stereocenters. The highest BCUT2D eigenvalue weighted by molar-refractivity contribution is 5.78. The minimum atomic E-state index is 0.207. The van der Waals surface area contributed by atoms with Crippen molar-refractivity contribution in [2.24, 2.45) is 0 Å². The highest BCUT2D eigenvalue weighted by Gasteiger charge is 2.27. The number of aromatic nitrogens is 2. The lowest BCUT2D eigenvalue weighted by atomic mass is 9.97. The van der Waals surface area contributed by atoms with Crippen molar-refractivity contribution in [1.82, 2.24) is 20.0 Å². The van der Waals surface area contributed by atoms with E-state index in [0.717, 1.165) is 44.6 Å². The molecule has 3 heterocycles. The van der Waals surface area contributed by atoms with E-state index in [0.29, 0.717) is 18.3 Å². The van der Waals surface area contributed by atoms with Crippen LogP contribution in [0.15, 0.2) is 27.4 Å². The number of rotatable bonds is 6. The second-order valence-electron chi connectivity index (χ2n) is 6.07. The number of amides is 1. The lowest BCUT2D eigenvalue weighted by molar-refractivity contribution is -0.132. The maximum absolute atomic E-state index is 12.2. The first-order valence-electron chi connectivity index (χ1n) is 8.57. The maximum atomic E-state index is 12.2. The molecule has 130 valence electrons. The van der Waals surface area contributed by atoms with Gasteiger partial charge in [-0.2, -0.15) is 0 Å². The monoisotopic (exact) mass is 332 g/mol. The number of likely N-dealkylation sites (N-methyl/N-ethyl adjacent to an activating group) is 1. The van der Waals surface area contributed by atoms with Crippen molar-refractivity contribution in [2.75, 3.05) is 32.7 Å². The molecule has 0 bridgehead atoms. The van der Waals surface area contributed by atoms with Crippen molar-refractivity contribution in [3.8, 4) is 11.5 Å². The van der Waals surface area contributed by atoms with Crippen molar-refractivity contribution < 1.29 is 13.6 Å². The number of likely N-dealkylation sites (tertiary alicyclic amines) is 1. The zero-order valence-corrected chi connectivity index (χ0v) is 14.3. The average molecular weight is 332 g/mol. The SMILES string of the molecule is CCN(CC)C(=O)CN1CCC(c2nnc(-c3ccoc3)o2)CC1. The van der Waals surface area contributed by atoms with Crippen LogP contribution in [0.3, 0.4) is 0 Å². The standard InChI is InChI=1S/C17H24N4O3/c1-3-21(4-2)15(22)11-20-8-5-13(6-9-20)16-18-19-17(24-16)14-7-10-23-12-14/h7,10,12-13H,3-6,8-9,11H2,1-2H3. The van der Waals surface area contributed by atoms with Gasteiger partial charge in [-0.25, -0.2) is 0 Å². The van der Waals surface area contributed by atoms with E-state index < -0.39 is 0 Å². The Kier molecular flexibility index (Phi) is 5.30. The molecule has 1 amide bonds. The summed E-state index contributed by atoms with van der Waals surface area (Å²) in [6, 6.07) is 1.80. The van der Waals surface area contributed by atoms with Gasteiger partial charge in [-0.15, -0.1) is 10.2 Å². The molecule has 0 radical (unpaired) electrons. The van der Waals surface area contributed by atoms with E-state index in [1.807, 2.05) is 18.7 Å². The van der Waals surface area contributed by atoms with E-state index in [9.17, 15) is 4.79 Å². The van der Waals surface area contributed by atoms with E-state index in [4.69, 9.17) is 8.83 Å². The molecule has 24 heavy (non-hydrogen) atoms. The van der Waals surface area contributed by atoms with Crippen LogP contribution in [0.2, 0.25) is 0 Å². The largest absolute Gasteiger partial charge is 0.472 e. The summed E-state index contributed by atoms with van der Waals surface area (Å²) in [5.41, 5.74) is 0.802. The zero-order valence-electron chi connectivity index (χ0n) is 14.3. The Labute approximate surface area is 141 Å². The maximum Gasteiger partial charge on any atom is 0.250 e. The second kappa shape index (κ2) is 7.61. The molecule has 1 aliphatic heterocycles. The van der Waals surface area contributed by atoms with Crippen LogP contribution >= 0.6 is 0 Å². The highest BCUT2D eigenvalue weighted by atomic mass is 16.4. The summed E-state index contributed by atoms with van der Waals surface area (Å²) in [5.74, 6) is 1.65. The van der Waals surface area contributed by atoms with Gasteiger partial charge in [0.2, 0.25) is 11.8 Å². The fraction of sp³-hybridized carbons (Fsp3) is 0.588. The number of carbonyl (C=O) groups is 1. The van der Waals surface area contributed by atoms with Crippen molar-refractivity contribution in [3.05, 3.63) is 24.5 Å². The van der Waals surface area contributed by atoms with E-state index in [1.54, 1.807) is 18.6 Å². The summed E-state index contributed by atoms with van der Waals surface area (Å²) in [4.78, 5) is 16.3. The Balaban J connectivity index is 1.53. The van der Waals surface area contributed by atoms with Gasteiger partial charge < -0.3 is 13.7 Å². The summed E-state index contributed by atoms with van der Waals surface area (Å²) in [6.07, 6.45) is 5.04. The van der Waals surface area contributed by atoms with Gasteiger partial charge in [0.25, 0.3) is 5.89 Å². The lowest BCUT2D eigenvalue weighted by Crippen LogP contribution is -2.43. The third-order valence-corrected chi connectivity index (χ3v) is 4.62. The Hall–Kier alpha value is -2.15. The van der Waals surface area contributed by atoms with Gasteiger partial charge >= 0.3 is 0 Å².